The molecule has 1 atom stereocenters. The van der Waals surface area contributed by atoms with Gasteiger partial charge < -0.3 is 10.2 Å². The van der Waals surface area contributed by atoms with Crippen LogP contribution < -0.4 is 5.32 Å². The van der Waals surface area contributed by atoms with Gasteiger partial charge in [0.15, 0.2) is 0 Å². The van der Waals surface area contributed by atoms with Crippen molar-refractivity contribution >= 4 is 11.8 Å². The lowest BCUT2D eigenvalue weighted by atomic mass is 10.1. The van der Waals surface area contributed by atoms with Crippen molar-refractivity contribution in [1.82, 2.24) is 10.2 Å². The van der Waals surface area contributed by atoms with E-state index in [-0.39, 0.29) is 17.9 Å². The van der Waals surface area contributed by atoms with Gasteiger partial charge in [0.2, 0.25) is 11.8 Å². The Bertz CT molecular complexity index is 780. The molecule has 0 saturated heterocycles. The normalized spacial score (nSPS) is 15.2. The fourth-order valence-corrected chi connectivity index (χ4v) is 3.74. The first kappa shape index (κ1) is 20.1. The van der Waals surface area contributed by atoms with Crippen LogP contribution in [0, 0.1) is 6.92 Å². The molecule has 2 aromatic rings. The summed E-state index contributed by atoms with van der Waals surface area (Å²) >= 11 is 0. The molecule has 2 amide bonds. The van der Waals surface area contributed by atoms with Crippen molar-refractivity contribution in [3.05, 3.63) is 71.3 Å². The van der Waals surface area contributed by atoms with Gasteiger partial charge in [-0.1, -0.05) is 73.0 Å². The van der Waals surface area contributed by atoms with E-state index in [0.29, 0.717) is 13.0 Å². The fourth-order valence-electron chi connectivity index (χ4n) is 3.74. The molecular formula is C24H30N2O2. The maximum atomic E-state index is 13.1. The van der Waals surface area contributed by atoms with Crippen LogP contribution in [-0.2, 0) is 22.6 Å². The molecule has 0 radical (unpaired) electrons. The van der Waals surface area contributed by atoms with E-state index in [2.05, 4.69) is 5.32 Å². The van der Waals surface area contributed by atoms with E-state index >= 15 is 0 Å². The standard InChI is InChI=1S/C24H30N2O2/c1-18-12-14-20(15-13-18)16-23(27)26(17-21-8-4-3-5-9-21)19(2)24(28)25-22-10-6-7-11-22/h3-5,8-9,12-15,19,22H,6-7,10-11,16-17H2,1-2H3,(H,25,28)/t19-/m1/s1. The highest BCUT2D eigenvalue weighted by molar-refractivity contribution is 5.88. The zero-order chi connectivity index (χ0) is 19.9. The van der Waals surface area contributed by atoms with E-state index in [4.69, 9.17) is 0 Å². The molecule has 28 heavy (non-hydrogen) atoms. The Morgan fingerprint density at radius 2 is 1.64 bits per heavy atom. The predicted octanol–water partition coefficient (Wildman–Crippen LogP) is 4.01. The number of aryl methyl sites for hydroxylation is 1. The van der Waals surface area contributed by atoms with Crippen LogP contribution in [0.4, 0.5) is 0 Å². The van der Waals surface area contributed by atoms with E-state index in [1.165, 1.54) is 18.4 Å². The Morgan fingerprint density at radius 3 is 2.29 bits per heavy atom. The Labute approximate surface area is 167 Å². The predicted molar refractivity (Wildman–Crippen MR) is 112 cm³/mol. The smallest absolute Gasteiger partial charge is 0.242 e. The number of benzene rings is 2. The van der Waals surface area contributed by atoms with Gasteiger partial charge >= 0.3 is 0 Å². The number of nitrogens with zero attached hydrogens (tertiary/aromatic N) is 1. The number of carbonyl (C=O) groups is 2. The number of nitrogens with one attached hydrogen (secondary N) is 1. The maximum absolute atomic E-state index is 13.1. The molecule has 0 aliphatic heterocycles. The summed E-state index contributed by atoms with van der Waals surface area (Å²) in [7, 11) is 0. The van der Waals surface area contributed by atoms with Gasteiger partial charge in [-0.3, -0.25) is 9.59 Å². The first-order chi connectivity index (χ1) is 13.5. The molecule has 0 bridgehead atoms. The minimum Gasteiger partial charge on any atom is -0.352 e. The summed E-state index contributed by atoms with van der Waals surface area (Å²) in [6.07, 6.45) is 4.70. The lowest BCUT2D eigenvalue weighted by Gasteiger charge is -2.30. The molecule has 3 rings (SSSR count). The quantitative estimate of drug-likeness (QED) is 0.791. The van der Waals surface area contributed by atoms with Gasteiger partial charge in [0.1, 0.15) is 6.04 Å². The zero-order valence-corrected chi connectivity index (χ0v) is 16.9. The summed E-state index contributed by atoms with van der Waals surface area (Å²) in [5.74, 6) is -0.0816. The highest BCUT2D eigenvalue weighted by Gasteiger charge is 2.28. The number of rotatable bonds is 7. The van der Waals surface area contributed by atoms with E-state index in [0.717, 1.165) is 24.0 Å². The van der Waals surface area contributed by atoms with E-state index < -0.39 is 6.04 Å². The average molecular weight is 379 g/mol. The van der Waals surface area contributed by atoms with Crippen LogP contribution >= 0.6 is 0 Å². The molecule has 0 aromatic heterocycles. The Hall–Kier alpha value is -2.62. The minimum absolute atomic E-state index is 0.0261. The summed E-state index contributed by atoms with van der Waals surface area (Å²) in [5, 5.41) is 3.14. The molecule has 148 valence electrons. The van der Waals surface area contributed by atoms with Gasteiger partial charge in [0, 0.05) is 12.6 Å². The molecule has 1 N–H and O–H groups in total. The molecule has 1 saturated carbocycles. The SMILES string of the molecule is Cc1ccc(CC(=O)N(Cc2ccccc2)[C@H](C)C(=O)NC2CCCC2)cc1. The van der Waals surface area contributed by atoms with Gasteiger partial charge in [-0.15, -0.1) is 0 Å². The zero-order valence-electron chi connectivity index (χ0n) is 16.9. The lowest BCUT2D eigenvalue weighted by Crippen LogP contribution is -2.50. The Balaban J connectivity index is 1.73. The second-order valence-electron chi connectivity index (χ2n) is 7.84. The Kier molecular flexibility index (Phi) is 6.85. The van der Waals surface area contributed by atoms with Gasteiger partial charge in [-0.05, 0) is 37.8 Å². The van der Waals surface area contributed by atoms with E-state index in [9.17, 15) is 9.59 Å². The number of hydrogen-bond donors (Lipinski definition) is 1. The van der Waals surface area contributed by atoms with Crippen molar-refractivity contribution in [3.63, 3.8) is 0 Å². The number of amides is 2. The Morgan fingerprint density at radius 1 is 1.00 bits per heavy atom. The first-order valence-corrected chi connectivity index (χ1v) is 10.2. The monoisotopic (exact) mass is 378 g/mol. The van der Waals surface area contributed by atoms with Crippen molar-refractivity contribution in [3.8, 4) is 0 Å². The van der Waals surface area contributed by atoms with Crippen LogP contribution in [0.15, 0.2) is 54.6 Å². The largest absolute Gasteiger partial charge is 0.352 e. The summed E-state index contributed by atoms with van der Waals surface area (Å²) in [4.78, 5) is 27.7. The third kappa shape index (κ3) is 5.44. The van der Waals surface area contributed by atoms with Crippen molar-refractivity contribution in [2.75, 3.05) is 0 Å². The lowest BCUT2D eigenvalue weighted by molar-refractivity contribution is -0.140. The van der Waals surface area contributed by atoms with Crippen molar-refractivity contribution < 1.29 is 9.59 Å². The van der Waals surface area contributed by atoms with Crippen molar-refractivity contribution in [1.29, 1.82) is 0 Å². The van der Waals surface area contributed by atoms with Gasteiger partial charge in [0.05, 0.1) is 6.42 Å². The molecule has 0 unspecified atom stereocenters. The molecule has 4 nitrogen and oxygen atoms in total. The van der Waals surface area contributed by atoms with Crippen LogP contribution in [0.5, 0.6) is 0 Å². The van der Waals surface area contributed by atoms with Crippen LogP contribution in [0.25, 0.3) is 0 Å². The number of hydrogen-bond acceptors (Lipinski definition) is 2. The molecular weight excluding hydrogens is 348 g/mol. The summed E-state index contributed by atoms with van der Waals surface area (Å²) in [6.45, 7) is 4.30. The summed E-state index contributed by atoms with van der Waals surface area (Å²) < 4.78 is 0. The van der Waals surface area contributed by atoms with Gasteiger partial charge in [-0.25, -0.2) is 0 Å². The molecule has 4 heteroatoms. The molecule has 1 aliphatic rings. The van der Waals surface area contributed by atoms with Gasteiger partial charge in [-0.2, -0.15) is 0 Å². The van der Waals surface area contributed by atoms with Crippen molar-refractivity contribution in [2.24, 2.45) is 0 Å². The maximum Gasteiger partial charge on any atom is 0.242 e. The second kappa shape index (κ2) is 9.54. The highest BCUT2D eigenvalue weighted by Crippen LogP contribution is 2.19. The second-order valence-corrected chi connectivity index (χ2v) is 7.84. The summed E-state index contributed by atoms with van der Waals surface area (Å²) in [5.41, 5.74) is 3.17. The fraction of sp³-hybridized carbons (Fsp3) is 0.417. The molecule has 0 heterocycles. The third-order valence-electron chi connectivity index (χ3n) is 5.54. The molecule has 1 aliphatic carbocycles. The molecule has 1 fully saturated rings. The number of carbonyl (C=O) groups excluding carboxylic acids is 2. The van der Waals surface area contributed by atoms with Crippen LogP contribution in [0.2, 0.25) is 0 Å². The van der Waals surface area contributed by atoms with Gasteiger partial charge in [0.25, 0.3) is 0 Å². The third-order valence-corrected chi connectivity index (χ3v) is 5.54. The van der Waals surface area contributed by atoms with Crippen LogP contribution in [0.3, 0.4) is 0 Å². The van der Waals surface area contributed by atoms with Crippen LogP contribution in [0.1, 0.15) is 49.3 Å². The topological polar surface area (TPSA) is 49.4 Å². The van der Waals surface area contributed by atoms with E-state index in [1.807, 2.05) is 68.4 Å². The van der Waals surface area contributed by atoms with Crippen molar-refractivity contribution in [2.45, 2.75) is 64.6 Å². The van der Waals surface area contributed by atoms with Crippen LogP contribution in [-0.4, -0.2) is 28.8 Å². The molecule has 0 spiro atoms. The summed E-state index contributed by atoms with van der Waals surface area (Å²) in [6, 6.07) is 17.6. The minimum atomic E-state index is -0.501. The average Bonchev–Trinajstić information content (AvgIpc) is 3.21. The first-order valence-electron chi connectivity index (χ1n) is 10.2. The van der Waals surface area contributed by atoms with E-state index in [1.54, 1.807) is 4.90 Å². The highest BCUT2D eigenvalue weighted by atomic mass is 16.2. The molecule has 2 aromatic carbocycles.